The van der Waals surface area contributed by atoms with Gasteiger partial charge in [-0.3, -0.25) is 10.1 Å². The van der Waals surface area contributed by atoms with Gasteiger partial charge in [0.1, 0.15) is 0 Å². The topological polar surface area (TPSA) is 119 Å². The van der Waals surface area contributed by atoms with Crippen molar-refractivity contribution in [2.45, 2.75) is 39.7 Å². The molecule has 9 nitrogen and oxygen atoms in total. The molecule has 1 aromatic rings. The van der Waals surface area contributed by atoms with Gasteiger partial charge in [0.15, 0.2) is 0 Å². The molecular formula is C21H26N2O7. The van der Waals surface area contributed by atoms with Crippen LogP contribution in [-0.2, 0) is 19.1 Å². The highest BCUT2D eigenvalue weighted by atomic mass is 16.6. The zero-order valence-corrected chi connectivity index (χ0v) is 17.7. The third-order valence-electron chi connectivity index (χ3n) is 4.89. The van der Waals surface area contributed by atoms with Gasteiger partial charge < -0.3 is 19.5 Å². The summed E-state index contributed by atoms with van der Waals surface area (Å²) in [6, 6.07) is 5.66. The van der Waals surface area contributed by atoms with Crippen LogP contribution in [-0.4, -0.2) is 53.2 Å². The van der Waals surface area contributed by atoms with Gasteiger partial charge in [-0.15, -0.1) is 0 Å². The van der Waals surface area contributed by atoms with Crippen molar-refractivity contribution >= 4 is 17.6 Å². The molecule has 0 saturated heterocycles. The number of carbonyl (C=O) groups excluding carboxylic acids is 1. The summed E-state index contributed by atoms with van der Waals surface area (Å²) in [5, 5.41) is 21.3. The van der Waals surface area contributed by atoms with Crippen LogP contribution >= 0.6 is 0 Å². The highest BCUT2D eigenvalue weighted by Crippen LogP contribution is 2.43. The van der Waals surface area contributed by atoms with Crippen molar-refractivity contribution in [3.05, 3.63) is 62.5 Å². The number of nitro groups is 1. The van der Waals surface area contributed by atoms with Crippen molar-refractivity contribution < 1.29 is 29.1 Å². The number of hydrogen-bond acceptors (Lipinski definition) is 7. The first-order chi connectivity index (χ1) is 14.1. The Labute approximate surface area is 174 Å². The van der Waals surface area contributed by atoms with E-state index in [1.165, 1.54) is 25.3 Å². The van der Waals surface area contributed by atoms with E-state index < -0.39 is 28.9 Å². The Hall–Kier alpha value is -3.20. The number of carboxylic acid groups (broad SMARTS) is 1. The lowest BCUT2D eigenvalue weighted by atomic mass is 9.79. The highest BCUT2D eigenvalue weighted by molar-refractivity contribution is 5.99. The highest BCUT2D eigenvalue weighted by Gasteiger charge is 2.40. The molecule has 30 heavy (non-hydrogen) atoms. The van der Waals surface area contributed by atoms with Crippen LogP contribution in [0.1, 0.15) is 39.2 Å². The molecule has 1 aliphatic heterocycles. The Morgan fingerprint density at radius 3 is 2.40 bits per heavy atom. The molecule has 1 heterocycles. The van der Waals surface area contributed by atoms with Gasteiger partial charge in [0, 0.05) is 37.2 Å². The number of carboxylic acids is 1. The molecule has 9 heteroatoms. The molecule has 162 valence electrons. The summed E-state index contributed by atoms with van der Waals surface area (Å²) < 4.78 is 10.5. The smallest absolute Gasteiger partial charge is 0.337 e. The molecule has 0 fully saturated rings. The summed E-state index contributed by atoms with van der Waals surface area (Å²) in [6.45, 7) is 7.40. The Kier molecular flexibility index (Phi) is 7.33. The van der Waals surface area contributed by atoms with Gasteiger partial charge >= 0.3 is 11.9 Å². The quantitative estimate of drug-likeness (QED) is 0.388. The number of nitro benzene ring substituents is 1. The second-order valence-corrected chi connectivity index (χ2v) is 7.19. The molecule has 1 aliphatic rings. The van der Waals surface area contributed by atoms with E-state index in [-0.39, 0.29) is 16.8 Å². The number of ether oxygens (including phenoxy) is 2. The average Bonchev–Trinajstić information content (AvgIpc) is 2.66. The first-order valence-corrected chi connectivity index (χ1v) is 9.46. The minimum atomic E-state index is -1.21. The second-order valence-electron chi connectivity index (χ2n) is 7.19. The normalized spacial score (nSPS) is 16.9. The zero-order valence-electron chi connectivity index (χ0n) is 17.7. The monoisotopic (exact) mass is 418 g/mol. The molecule has 0 radical (unpaired) electrons. The van der Waals surface area contributed by atoms with Crippen molar-refractivity contribution in [3.8, 4) is 0 Å². The maximum absolute atomic E-state index is 13.0. The fraction of sp³-hybridized carbons (Fsp3) is 0.429. The Bertz CT molecular complexity index is 918. The number of carbonyl (C=O) groups is 2. The molecule has 0 spiro atoms. The van der Waals surface area contributed by atoms with Crippen LogP contribution in [0.2, 0.25) is 0 Å². The van der Waals surface area contributed by atoms with Crippen LogP contribution in [0.3, 0.4) is 0 Å². The molecule has 0 bridgehead atoms. The van der Waals surface area contributed by atoms with Crippen molar-refractivity contribution in [1.29, 1.82) is 0 Å². The first kappa shape index (κ1) is 23.1. The minimum Gasteiger partial charge on any atom is -0.478 e. The molecule has 2 rings (SSSR count). The van der Waals surface area contributed by atoms with E-state index in [0.29, 0.717) is 30.1 Å². The van der Waals surface area contributed by atoms with Crippen LogP contribution in [0.25, 0.3) is 0 Å². The standard InChI is InChI=1S/C21H26N2O7/c1-12(2)30-21(26)18-14(4)22(9-10-29-5)13(3)17(20(24)25)19(18)15-7-6-8-16(11-15)23(27)28/h6-8,11-12,19H,9-10H2,1-5H3,(H,24,25)/t19-/m1/s1. The lowest BCUT2D eigenvalue weighted by Gasteiger charge is -2.37. The van der Waals surface area contributed by atoms with Gasteiger partial charge in [0.2, 0.25) is 0 Å². The summed E-state index contributed by atoms with van der Waals surface area (Å²) in [7, 11) is 1.53. The number of non-ortho nitro benzene ring substituents is 1. The first-order valence-electron chi connectivity index (χ1n) is 9.46. The van der Waals surface area contributed by atoms with Crippen LogP contribution < -0.4 is 0 Å². The third-order valence-corrected chi connectivity index (χ3v) is 4.89. The van der Waals surface area contributed by atoms with Gasteiger partial charge in [0.05, 0.1) is 34.7 Å². The molecule has 1 aromatic carbocycles. The number of rotatable bonds is 8. The molecule has 0 aliphatic carbocycles. The zero-order chi connectivity index (χ0) is 22.6. The Morgan fingerprint density at radius 2 is 1.87 bits per heavy atom. The summed E-state index contributed by atoms with van der Waals surface area (Å²) in [5.74, 6) is -2.88. The van der Waals surface area contributed by atoms with Gasteiger partial charge in [-0.1, -0.05) is 12.1 Å². The number of esters is 1. The number of allylic oxidation sites excluding steroid dienone is 2. The summed E-state index contributed by atoms with van der Waals surface area (Å²) in [6.07, 6.45) is -0.420. The average molecular weight is 418 g/mol. The van der Waals surface area contributed by atoms with E-state index in [9.17, 15) is 24.8 Å². The summed E-state index contributed by atoms with van der Waals surface area (Å²) in [5.41, 5.74) is 1.22. The molecule has 0 aromatic heterocycles. The maximum atomic E-state index is 13.0. The predicted octanol–water partition coefficient (Wildman–Crippen LogP) is 3.22. The SMILES string of the molecule is COCCN1C(C)=C(C(=O)O)[C@@H](c2cccc([N+](=O)[O-])c2)C(C(=O)OC(C)C)=C1C. The van der Waals surface area contributed by atoms with Crippen LogP contribution in [0.15, 0.2) is 46.8 Å². The van der Waals surface area contributed by atoms with E-state index in [2.05, 4.69) is 0 Å². The van der Waals surface area contributed by atoms with Crippen molar-refractivity contribution in [2.24, 2.45) is 0 Å². The van der Waals surface area contributed by atoms with E-state index >= 15 is 0 Å². The van der Waals surface area contributed by atoms with Crippen molar-refractivity contribution in [1.82, 2.24) is 4.90 Å². The van der Waals surface area contributed by atoms with Crippen LogP contribution in [0, 0.1) is 10.1 Å². The van der Waals surface area contributed by atoms with E-state index in [0.717, 1.165) is 0 Å². The maximum Gasteiger partial charge on any atom is 0.337 e. The number of hydrogen-bond donors (Lipinski definition) is 1. The van der Waals surface area contributed by atoms with E-state index in [4.69, 9.17) is 9.47 Å². The third kappa shape index (κ3) is 4.68. The van der Waals surface area contributed by atoms with Gasteiger partial charge in [-0.2, -0.15) is 0 Å². The fourth-order valence-corrected chi connectivity index (χ4v) is 3.60. The Morgan fingerprint density at radius 1 is 1.23 bits per heavy atom. The number of methoxy groups -OCH3 is 1. The number of benzene rings is 1. The molecule has 0 amide bonds. The van der Waals surface area contributed by atoms with Crippen LogP contribution in [0.4, 0.5) is 5.69 Å². The minimum absolute atomic E-state index is 0.0343. The second kappa shape index (κ2) is 9.53. The predicted molar refractivity (Wildman–Crippen MR) is 109 cm³/mol. The Balaban J connectivity index is 2.76. The largest absolute Gasteiger partial charge is 0.478 e. The molecule has 1 N–H and O–H groups in total. The van der Waals surface area contributed by atoms with E-state index in [1.807, 2.05) is 0 Å². The lowest BCUT2D eigenvalue weighted by molar-refractivity contribution is -0.384. The molecular weight excluding hydrogens is 392 g/mol. The summed E-state index contributed by atoms with van der Waals surface area (Å²) in [4.78, 5) is 37.7. The van der Waals surface area contributed by atoms with Crippen molar-refractivity contribution in [3.63, 3.8) is 0 Å². The molecule has 0 saturated carbocycles. The van der Waals surface area contributed by atoms with E-state index in [1.54, 1.807) is 38.7 Å². The fourth-order valence-electron chi connectivity index (χ4n) is 3.60. The molecule has 0 unspecified atom stereocenters. The van der Waals surface area contributed by atoms with Gasteiger partial charge in [-0.25, -0.2) is 9.59 Å². The van der Waals surface area contributed by atoms with Gasteiger partial charge in [0.25, 0.3) is 5.69 Å². The number of aliphatic carboxylic acids is 1. The lowest BCUT2D eigenvalue weighted by Crippen LogP contribution is -2.36. The van der Waals surface area contributed by atoms with Crippen molar-refractivity contribution in [2.75, 3.05) is 20.3 Å². The van der Waals surface area contributed by atoms with Crippen LogP contribution in [0.5, 0.6) is 0 Å². The number of nitrogens with zero attached hydrogens (tertiary/aromatic N) is 2. The van der Waals surface area contributed by atoms with Gasteiger partial charge in [-0.05, 0) is 33.3 Å². The molecule has 1 atom stereocenters. The summed E-state index contributed by atoms with van der Waals surface area (Å²) >= 11 is 0.